The normalized spacial score (nSPS) is 17.1. The molecule has 1 fully saturated rings. The molecule has 0 bridgehead atoms. The highest BCUT2D eigenvalue weighted by Gasteiger charge is 2.23. The molecule has 4 heteroatoms. The van der Waals surface area contributed by atoms with Gasteiger partial charge in [-0.2, -0.15) is 5.10 Å². The van der Waals surface area contributed by atoms with Crippen LogP contribution in [-0.4, -0.2) is 22.9 Å². The highest BCUT2D eigenvalue weighted by atomic mass is 15.4. The van der Waals surface area contributed by atoms with Crippen LogP contribution >= 0.6 is 0 Å². The number of anilines is 2. The van der Waals surface area contributed by atoms with E-state index in [1.54, 1.807) is 0 Å². The van der Waals surface area contributed by atoms with E-state index in [-0.39, 0.29) is 0 Å². The average molecular weight is 250 g/mol. The molecule has 0 atom stereocenters. The number of aryl methyl sites for hydroxylation is 2. The zero-order valence-electron chi connectivity index (χ0n) is 11.9. The van der Waals surface area contributed by atoms with Crippen molar-refractivity contribution in [3.8, 4) is 0 Å². The summed E-state index contributed by atoms with van der Waals surface area (Å²) in [5.41, 5.74) is 8.21. The third-order valence-electron chi connectivity index (χ3n) is 4.07. The van der Waals surface area contributed by atoms with Gasteiger partial charge in [0.2, 0.25) is 0 Å². The van der Waals surface area contributed by atoms with Crippen LogP contribution in [0.3, 0.4) is 0 Å². The van der Waals surface area contributed by atoms with E-state index in [9.17, 15) is 0 Å². The Morgan fingerprint density at radius 2 is 2.00 bits per heavy atom. The van der Waals surface area contributed by atoms with Crippen molar-refractivity contribution in [1.29, 1.82) is 0 Å². The molecular weight excluding hydrogens is 224 g/mol. The lowest BCUT2D eigenvalue weighted by atomic mass is 9.94. The lowest BCUT2D eigenvalue weighted by molar-refractivity contribution is 0.423. The van der Waals surface area contributed by atoms with E-state index in [1.807, 2.05) is 11.7 Å². The van der Waals surface area contributed by atoms with Crippen LogP contribution in [0.15, 0.2) is 0 Å². The van der Waals surface area contributed by atoms with Crippen LogP contribution in [-0.2, 0) is 13.5 Å². The molecule has 0 saturated heterocycles. The monoisotopic (exact) mass is 250 g/mol. The maximum Gasteiger partial charge on any atom is 0.150 e. The first-order chi connectivity index (χ1) is 8.65. The Hall–Kier alpha value is -1.19. The molecular formula is C14H26N4. The first kappa shape index (κ1) is 13.2. The van der Waals surface area contributed by atoms with E-state index in [0.717, 1.165) is 30.0 Å². The van der Waals surface area contributed by atoms with Gasteiger partial charge in [0.1, 0.15) is 5.82 Å². The molecule has 2 N–H and O–H groups in total. The smallest absolute Gasteiger partial charge is 0.150 e. The van der Waals surface area contributed by atoms with Gasteiger partial charge in [0.15, 0.2) is 0 Å². The number of aromatic nitrogens is 2. The van der Waals surface area contributed by atoms with Crippen LogP contribution in [0.5, 0.6) is 0 Å². The van der Waals surface area contributed by atoms with Gasteiger partial charge in [-0.15, -0.1) is 0 Å². The van der Waals surface area contributed by atoms with E-state index in [2.05, 4.69) is 24.0 Å². The van der Waals surface area contributed by atoms with E-state index in [0.29, 0.717) is 6.04 Å². The topological polar surface area (TPSA) is 47.1 Å². The van der Waals surface area contributed by atoms with Crippen molar-refractivity contribution in [3.05, 3.63) is 5.69 Å². The van der Waals surface area contributed by atoms with Crippen LogP contribution in [0, 0.1) is 0 Å². The van der Waals surface area contributed by atoms with Gasteiger partial charge in [-0.25, -0.2) is 0 Å². The molecule has 1 saturated carbocycles. The molecule has 0 spiro atoms. The molecule has 18 heavy (non-hydrogen) atoms. The molecule has 1 aromatic rings. The predicted molar refractivity (Wildman–Crippen MR) is 76.9 cm³/mol. The summed E-state index contributed by atoms with van der Waals surface area (Å²) < 4.78 is 1.95. The molecule has 0 amide bonds. The van der Waals surface area contributed by atoms with E-state index in [1.165, 1.54) is 32.1 Å². The van der Waals surface area contributed by atoms with Gasteiger partial charge in [0.05, 0.1) is 11.4 Å². The summed E-state index contributed by atoms with van der Waals surface area (Å²) in [5, 5.41) is 4.57. The van der Waals surface area contributed by atoms with Crippen LogP contribution in [0.1, 0.15) is 51.1 Å². The Morgan fingerprint density at radius 3 is 2.61 bits per heavy atom. The first-order valence-corrected chi connectivity index (χ1v) is 7.19. The van der Waals surface area contributed by atoms with Crippen molar-refractivity contribution < 1.29 is 0 Å². The zero-order chi connectivity index (χ0) is 13.1. The van der Waals surface area contributed by atoms with Crippen LogP contribution in [0.4, 0.5) is 11.5 Å². The Balaban J connectivity index is 2.20. The zero-order valence-corrected chi connectivity index (χ0v) is 11.9. The third-order valence-corrected chi connectivity index (χ3v) is 4.07. The minimum atomic E-state index is 0.630. The predicted octanol–water partition coefficient (Wildman–Crippen LogP) is 2.72. The van der Waals surface area contributed by atoms with Crippen molar-refractivity contribution in [1.82, 2.24) is 9.78 Å². The van der Waals surface area contributed by atoms with E-state index < -0.39 is 0 Å². The molecule has 0 aromatic carbocycles. The molecule has 102 valence electrons. The second-order valence-electron chi connectivity index (χ2n) is 5.46. The van der Waals surface area contributed by atoms with Crippen LogP contribution in [0.25, 0.3) is 0 Å². The molecule has 1 aliphatic carbocycles. The van der Waals surface area contributed by atoms with Crippen LogP contribution in [0.2, 0.25) is 0 Å². The van der Waals surface area contributed by atoms with Gasteiger partial charge < -0.3 is 10.6 Å². The molecule has 1 heterocycles. The fraction of sp³-hybridized carbons (Fsp3) is 0.786. The number of nitrogen functional groups attached to an aromatic ring is 1. The van der Waals surface area contributed by atoms with Gasteiger partial charge in [-0.05, 0) is 19.3 Å². The summed E-state index contributed by atoms with van der Waals surface area (Å²) in [4.78, 5) is 2.35. The SMILES string of the molecule is CCCc1nn(C)c(N(C)C2CCCCC2)c1N. The summed E-state index contributed by atoms with van der Waals surface area (Å²) in [6.45, 7) is 2.17. The van der Waals surface area contributed by atoms with Gasteiger partial charge in [-0.1, -0.05) is 32.6 Å². The number of rotatable bonds is 4. The van der Waals surface area contributed by atoms with Crippen molar-refractivity contribution >= 4 is 11.5 Å². The molecule has 1 aromatic heterocycles. The van der Waals surface area contributed by atoms with Crippen LogP contribution < -0.4 is 10.6 Å². The fourth-order valence-electron chi connectivity index (χ4n) is 3.07. The quantitative estimate of drug-likeness (QED) is 0.893. The largest absolute Gasteiger partial charge is 0.394 e. The van der Waals surface area contributed by atoms with E-state index in [4.69, 9.17) is 5.73 Å². The first-order valence-electron chi connectivity index (χ1n) is 7.19. The summed E-state index contributed by atoms with van der Waals surface area (Å²) in [6.07, 6.45) is 8.69. The molecule has 4 nitrogen and oxygen atoms in total. The van der Waals surface area contributed by atoms with Crippen molar-refractivity contribution in [2.75, 3.05) is 17.7 Å². The Morgan fingerprint density at radius 1 is 1.33 bits per heavy atom. The second-order valence-corrected chi connectivity index (χ2v) is 5.46. The maximum absolute atomic E-state index is 6.27. The van der Waals surface area contributed by atoms with Crippen molar-refractivity contribution in [2.24, 2.45) is 7.05 Å². The number of hydrogen-bond acceptors (Lipinski definition) is 3. The standard InChI is InChI=1S/C14H26N4/c1-4-8-12-13(15)14(18(3)16-12)17(2)11-9-6-5-7-10-11/h11H,4-10,15H2,1-3H3. The highest BCUT2D eigenvalue weighted by molar-refractivity contribution is 5.66. The number of nitrogens with zero attached hydrogens (tertiary/aromatic N) is 3. The summed E-state index contributed by atoms with van der Waals surface area (Å²) >= 11 is 0. The number of nitrogens with two attached hydrogens (primary N) is 1. The molecule has 2 rings (SSSR count). The Bertz CT molecular complexity index is 391. The lowest BCUT2D eigenvalue weighted by Gasteiger charge is -2.32. The van der Waals surface area contributed by atoms with Gasteiger partial charge in [0, 0.05) is 20.1 Å². The Labute approximate surface area is 110 Å². The average Bonchev–Trinajstić information content (AvgIpc) is 2.65. The molecule has 0 aliphatic heterocycles. The van der Waals surface area contributed by atoms with Gasteiger partial charge in [0.25, 0.3) is 0 Å². The second kappa shape index (κ2) is 5.63. The lowest BCUT2D eigenvalue weighted by Crippen LogP contribution is -2.35. The minimum absolute atomic E-state index is 0.630. The summed E-state index contributed by atoms with van der Waals surface area (Å²) in [5.74, 6) is 1.10. The molecule has 0 unspecified atom stereocenters. The molecule has 0 radical (unpaired) electrons. The minimum Gasteiger partial charge on any atom is -0.394 e. The number of hydrogen-bond donors (Lipinski definition) is 1. The fourth-order valence-corrected chi connectivity index (χ4v) is 3.07. The highest BCUT2D eigenvalue weighted by Crippen LogP contribution is 2.31. The summed E-state index contributed by atoms with van der Waals surface area (Å²) in [7, 11) is 4.17. The van der Waals surface area contributed by atoms with Gasteiger partial charge >= 0.3 is 0 Å². The molecule has 1 aliphatic rings. The maximum atomic E-state index is 6.27. The Kier molecular flexibility index (Phi) is 4.15. The van der Waals surface area contributed by atoms with E-state index >= 15 is 0 Å². The summed E-state index contributed by atoms with van der Waals surface area (Å²) in [6, 6.07) is 0.630. The van der Waals surface area contributed by atoms with Gasteiger partial charge in [-0.3, -0.25) is 4.68 Å². The van der Waals surface area contributed by atoms with Crippen molar-refractivity contribution in [2.45, 2.75) is 57.9 Å². The van der Waals surface area contributed by atoms with Crippen molar-refractivity contribution in [3.63, 3.8) is 0 Å². The third kappa shape index (κ3) is 2.47.